The van der Waals surface area contributed by atoms with Gasteiger partial charge in [-0.1, -0.05) is 15.9 Å². The Kier molecular flexibility index (Phi) is 5.25. The number of benzene rings is 2. The maximum atomic E-state index is 12.2. The standard InChI is InChI=1S/C15H14Br2N2O2/c1-21-14-5-3-11(18)6-9(14)8-19-15(20)12-4-2-10(16)7-13(12)17/h2-7H,8,18H2,1H3,(H,19,20). The van der Waals surface area contributed by atoms with Crippen molar-refractivity contribution in [2.45, 2.75) is 6.54 Å². The van der Waals surface area contributed by atoms with E-state index in [2.05, 4.69) is 37.2 Å². The molecular weight excluding hydrogens is 400 g/mol. The molecule has 0 spiro atoms. The number of carbonyl (C=O) groups excluding carboxylic acids is 1. The second-order valence-corrected chi connectivity index (χ2v) is 6.15. The molecule has 3 N–H and O–H groups in total. The van der Waals surface area contributed by atoms with E-state index in [4.69, 9.17) is 10.5 Å². The van der Waals surface area contributed by atoms with Crippen molar-refractivity contribution in [3.8, 4) is 5.75 Å². The fourth-order valence-corrected chi connectivity index (χ4v) is 3.11. The molecule has 4 nitrogen and oxygen atoms in total. The number of methoxy groups -OCH3 is 1. The summed E-state index contributed by atoms with van der Waals surface area (Å²) in [5.74, 6) is 0.526. The van der Waals surface area contributed by atoms with Crippen molar-refractivity contribution < 1.29 is 9.53 Å². The van der Waals surface area contributed by atoms with E-state index < -0.39 is 0 Å². The lowest BCUT2D eigenvalue weighted by Crippen LogP contribution is -2.23. The number of nitrogens with two attached hydrogens (primary N) is 1. The van der Waals surface area contributed by atoms with Gasteiger partial charge in [0.25, 0.3) is 5.91 Å². The molecule has 0 radical (unpaired) electrons. The van der Waals surface area contributed by atoms with Crippen LogP contribution in [0.5, 0.6) is 5.75 Å². The molecule has 0 aliphatic rings. The van der Waals surface area contributed by atoms with Gasteiger partial charge in [0.1, 0.15) is 5.75 Å². The number of hydrogen-bond acceptors (Lipinski definition) is 3. The molecule has 110 valence electrons. The van der Waals surface area contributed by atoms with Crippen molar-refractivity contribution in [2.24, 2.45) is 0 Å². The highest BCUT2D eigenvalue weighted by atomic mass is 79.9. The summed E-state index contributed by atoms with van der Waals surface area (Å²) in [4.78, 5) is 12.2. The Morgan fingerprint density at radius 3 is 2.67 bits per heavy atom. The Morgan fingerprint density at radius 2 is 2.00 bits per heavy atom. The topological polar surface area (TPSA) is 64.3 Å². The van der Waals surface area contributed by atoms with Gasteiger partial charge in [0.15, 0.2) is 0 Å². The number of halogens is 2. The number of anilines is 1. The van der Waals surface area contributed by atoms with Crippen LogP contribution in [-0.4, -0.2) is 13.0 Å². The molecule has 0 aliphatic heterocycles. The van der Waals surface area contributed by atoms with Gasteiger partial charge in [-0.3, -0.25) is 4.79 Å². The normalized spacial score (nSPS) is 10.2. The van der Waals surface area contributed by atoms with E-state index in [-0.39, 0.29) is 5.91 Å². The molecule has 0 heterocycles. The first kappa shape index (κ1) is 15.9. The van der Waals surface area contributed by atoms with Crippen LogP contribution in [0.1, 0.15) is 15.9 Å². The van der Waals surface area contributed by atoms with Gasteiger partial charge in [-0.25, -0.2) is 0 Å². The molecule has 2 rings (SSSR count). The van der Waals surface area contributed by atoms with Crippen LogP contribution >= 0.6 is 31.9 Å². The fourth-order valence-electron chi connectivity index (χ4n) is 1.88. The van der Waals surface area contributed by atoms with Crippen LogP contribution in [0.2, 0.25) is 0 Å². The average Bonchev–Trinajstić information content (AvgIpc) is 2.45. The zero-order valence-electron chi connectivity index (χ0n) is 11.3. The van der Waals surface area contributed by atoms with Gasteiger partial charge in [-0.2, -0.15) is 0 Å². The van der Waals surface area contributed by atoms with Gasteiger partial charge >= 0.3 is 0 Å². The zero-order chi connectivity index (χ0) is 15.4. The lowest BCUT2D eigenvalue weighted by molar-refractivity contribution is 0.0950. The third-order valence-corrected chi connectivity index (χ3v) is 4.07. The number of carbonyl (C=O) groups is 1. The number of ether oxygens (including phenoxy) is 1. The Morgan fingerprint density at radius 1 is 1.24 bits per heavy atom. The van der Waals surface area contributed by atoms with Crippen LogP contribution in [0.25, 0.3) is 0 Å². The van der Waals surface area contributed by atoms with Crippen molar-refractivity contribution in [1.29, 1.82) is 0 Å². The van der Waals surface area contributed by atoms with Crippen molar-refractivity contribution in [1.82, 2.24) is 5.32 Å². The van der Waals surface area contributed by atoms with Crippen LogP contribution in [-0.2, 0) is 6.54 Å². The van der Waals surface area contributed by atoms with Crippen molar-refractivity contribution in [3.05, 3.63) is 56.5 Å². The van der Waals surface area contributed by atoms with E-state index in [1.165, 1.54) is 0 Å². The van der Waals surface area contributed by atoms with Crippen LogP contribution < -0.4 is 15.8 Å². The molecule has 1 amide bonds. The third-order valence-electron chi connectivity index (χ3n) is 2.92. The van der Waals surface area contributed by atoms with Crippen LogP contribution in [0.15, 0.2) is 45.3 Å². The van der Waals surface area contributed by atoms with Gasteiger partial charge in [0.2, 0.25) is 0 Å². The summed E-state index contributed by atoms with van der Waals surface area (Å²) < 4.78 is 6.89. The summed E-state index contributed by atoms with van der Waals surface area (Å²) in [5.41, 5.74) is 7.79. The lowest BCUT2D eigenvalue weighted by atomic mass is 10.1. The Labute approximate surface area is 139 Å². The van der Waals surface area contributed by atoms with E-state index in [1.54, 1.807) is 31.4 Å². The first-order valence-corrected chi connectivity index (χ1v) is 7.75. The average molecular weight is 414 g/mol. The maximum absolute atomic E-state index is 12.2. The van der Waals surface area contributed by atoms with Gasteiger partial charge in [0.05, 0.1) is 12.7 Å². The summed E-state index contributed by atoms with van der Waals surface area (Å²) in [6, 6.07) is 10.7. The van der Waals surface area contributed by atoms with Crippen LogP contribution in [0, 0.1) is 0 Å². The van der Waals surface area contributed by atoms with Crippen LogP contribution in [0.4, 0.5) is 5.69 Å². The van der Waals surface area contributed by atoms with Gasteiger partial charge in [0, 0.05) is 26.7 Å². The van der Waals surface area contributed by atoms with Crippen molar-refractivity contribution in [3.63, 3.8) is 0 Å². The number of nitrogen functional groups attached to an aromatic ring is 1. The van der Waals surface area contributed by atoms with Crippen molar-refractivity contribution in [2.75, 3.05) is 12.8 Å². The quantitative estimate of drug-likeness (QED) is 0.750. The SMILES string of the molecule is COc1ccc(N)cc1CNC(=O)c1ccc(Br)cc1Br. The maximum Gasteiger partial charge on any atom is 0.252 e. The molecular formula is C15H14Br2N2O2. The second-order valence-electron chi connectivity index (χ2n) is 4.38. The van der Waals surface area contributed by atoms with Gasteiger partial charge < -0.3 is 15.8 Å². The monoisotopic (exact) mass is 412 g/mol. The fraction of sp³-hybridized carbons (Fsp3) is 0.133. The molecule has 6 heteroatoms. The minimum Gasteiger partial charge on any atom is -0.496 e. The number of amides is 1. The highest BCUT2D eigenvalue weighted by Crippen LogP contribution is 2.23. The zero-order valence-corrected chi connectivity index (χ0v) is 14.5. The lowest BCUT2D eigenvalue weighted by Gasteiger charge is -2.11. The van der Waals surface area contributed by atoms with Gasteiger partial charge in [-0.05, 0) is 52.3 Å². The minimum atomic E-state index is -0.168. The van der Waals surface area contributed by atoms with Crippen LogP contribution in [0.3, 0.4) is 0 Å². The van der Waals surface area contributed by atoms with E-state index in [0.717, 1.165) is 14.5 Å². The van der Waals surface area contributed by atoms with E-state index in [9.17, 15) is 4.79 Å². The van der Waals surface area contributed by atoms with Crippen molar-refractivity contribution >= 4 is 43.5 Å². The summed E-state index contributed by atoms with van der Waals surface area (Å²) in [6.45, 7) is 0.343. The Hall–Kier alpha value is -1.53. The van der Waals surface area contributed by atoms with Gasteiger partial charge in [-0.15, -0.1) is 0 Å². The first-order valence-electron chi connectivity index (χ1n) is 6.17. The third kappa shape index (κ3) is 3.98. The molecule has 0 fully saturated rings. The Bertz CT molecular complexity index is 675. The predicted molar refractivity (Wildman–Crippen MR) is 90.4 cm³/mol. The molecule has 21 heavy (non-hydrogen) atoms. The van der Waals surface area contributed by atoms with E-state index in [1.807, 2.05) is 12.1 Å². The highest BCUT2D eigenvalue weighted by Gasteiger charge is 2.11. The highest BCUT2D eigenvalue weighted by molar-refractivity contribution is 9.11. The molecule has 0 atom stereocenters. The van der Waals surface area contributed by atoms with E-state index >= 15 is 0 Å². The molecule has 0 bridgehead atoms. The summed E-state index contributed by atoms with van der Waals surface area (Å²) in [7, 11) is 1.59. The predicted octanol–water partition coefficient (Wildman–Crippen LogP) is 3.73. The number of hydrogen-bond donors (Lipinski definition) is 2. The molecule has 0 saturated carbocycles. The first-order chi connectivity index (χ1) is 10.0. The number of rotatable bonds is 4. The molecule has 2 aromatic rings. The minimum absolute atomic E-state index is 0.168. The molecule has 0 aliphatic carbocycles. The second kappa shape index (κ2) is 6.95. The molecule has 0 unspecified atom stereocenters. The Balaban J connectivity index is 2.12. The summed E-state index contributed by atoms with van der Waals surface area (Å²) in [6.07, 6.45) is 0. The largest absolute Gasteiger partial charge is 0.496 e. The molecule has 0 saturated heterocycles. The number of nitrogens with one attached hydrogen (secondary N) is 1. The van der Waals surface area contributed by atoms with E-state index in [0.29, 0.717) is 23.5 Å². The smallest absolute Gasteiger partial charge is 0.252 e. The molecule has 2 aromatic carbocycles. The molecule has 0 aromatic heterocycles. The summed E-state index contributed by atoms with van der Waals surface area (Å²) in [5, 5.41) is 2.86. The summed E-state index contributed by atoms with van der Waals surface area (Å²) >= 11 is 6.73.